The molecule has 108 valence electrons. The molecule has 0 bridgehead atoms. The molecule has 1 aliphatic heterocycles. The fourth-order valence-electron chi connectivity index (χ4n) is 2.68. The summed E-state index contributed by atoms with van der Waals surface area (Å²) in [6, 6.07) is 19.5. The van der Waals surface area contributed by atoms with Crippen molar-refractivity contribution in [2.24, 2.45) is 0 Å². The lowest BCUT2D eigenvalue weighted by Crippen LogP contribution is -2.49. The first-order valence-corrected chi connectivity index (χ1v) is 7.29. The summed E-state index contributed by atoms with van der Waals surface area (Å²) >= 11 is 0. The van der Waals surface area contributed by atoms with Gasteiger partial charge in [0.25, 0.3) is 0 Å². The molecule has 1 saturated heterocycles. The predicted molar refractivity (Wildman–Crippen MR) is 82.2 cm³/mol. The maximum Gasteiger partial charge on any atom is 0.182 e. The van der Waals surface area contributed by atoms with Crippen molar-refractivity contribution in [3.63, 3.8) is 0 Å². The maximum atomic E-state index is 12.7. The molecule has 1 heterocycles. The van der Waals surface area contributed by atoms with Crippen LogP contribution in [0.15, 0.2) is 60.7 Å². The summed E-state index contributed by atoms with van der Waals surface area (Å²) in [4.78, 5) is 14.9. The highest BCUT2D eigenvalue weighted by molar-refractivity contribution is 6.00. The van der Waals surface area contributed by atoms with Crippen LogP contribution in [0, 0.1) is 0 Å². The molecule has 0 aromatic heterocycles. The molecule has 0 N–H and O–H groups in total. The lowest BCUT2D eigenvalue weighted by atomic mass is 10.0. The summed E-state index contributed by atoms with van der Waals surface area (Å²) in [5.41, 5.74) is 1.98. The van der Waals surface area contributed by atoms with Crippen LogP contribution in [0.3, 0.4) is 0 Å². The summed E-state index contributed by atoms with van der Waals surface area (Å²) in [5, 5.41) is 0. The minimum atomic E-state index is -0.193. The number of Topliss-reactive ketones (excluding diaryl/α,β-unsaturated/α-hetero) is 1. The maximum absolute atomic E-state index is 12.7. The zero-order valence-electron chi connectivity index (χ0n) is 11.9. The fourth-order valence-corrected chi connectivity index (χ4v) is 2.68. The van der Waals surface area contributed by atoms with Crippen molar-refractivity contribution in [1.82, 2.24) is 4.90 Å². The van der Waals surface area contributed by atoms with E-state index in [1.807, 2.05) is 48.5 Å². The van der Waals surface area contributed by atoms with Gasteiger partial charge in [-0.1, -0.05) is 60.7 Å². The van der Waals surface area contributed by atoms with Crippen LogP contribution in [0.5, 0.6) is 0 Å². The summed E-state index contributed by atoms with van der Waals surface area (Å²) in [6.45, 7) is 2.73. The second-order valence-electron chi connectivity index (χ2n) is 5.28. The molecule has 0 saturated carbocycles. The molecular weight excluding hydrogens is 262 g/mol. The number of hydrogen-bond donors (Lipinski definition) is 0. The number of morpholine rings is 1. The molecule has 0 radical (unpaired) electrons. The van der Waals surface area contributed by atoms with E-state index in [0.29, 0.717) is 13.2 Å². The molecule has 1 fully saturated rings. The molecule has 0 spiro atoms. The van der Waals surface area contributed by atoms with Gasteiger partial charge in [0, 0.05) is 18.7 Å². The Morgan fingerprint density at radius 2 is 1.71 bits per heavy atom. The van der Waals surface area contributed by atoms with Gasteiger partial charge in [-0.05, 0) is 5.56 Å². The van der Waals surface area contributed by atoms with Crippen LogP contribution in [-0.2, 0) is 11.3 Å². The van der Waals surface area contributed by atoms with Crippen LogP contribution in [0.25, 0.3) is 0 Å². The van der Waals surface area contributed by atoms with Gasteiger partial charge < -0.3 is 4.74 Å². The molecule has 3 nitrogen and oxygen atoms in total. The Morgan fingerprint density at radius 1 is 1.05 bits per heavy atom. The van der Waals surface area contributed by atoms with Crippen LogP contribution in [0.4, 0.5) is 0 Å². The Hall–Kier alpha value is -1.97. The minimum absolute atomic E-state index is 0.145. The molecule has 2 aromatic carbocycles. The van der Waals surface area contributed by atoms with E-state index in [4.69, 9.17) is 4.74 Å². The zero-order chi connectivity index (χ0) is 14.5. The first-order chi connectivity index (χ1) is 10.3. The number of nitrogens with zero attached hydrogens (tertiary/aromatic N) is 1. The summed E-state index contributed by atoms with van der Waals surface area (Å²) in [6.07, 6.45) is 0. The van der Waals surface area contributed by atoms with Crippen molar-refractivity contribution in [1.29, 1.82) is 0 Å². The molecular formula is C18H19NO2. The number of ether oxygens (including phenoxy) is 1. The lowest BCUT2D eigenvalue weighted by molar-refractivity contribution is -0.00464. The molecule has 21 heavy (non-hydrogen) atoms. The first-order valence-electron chi connectivity index (χ1n) is 7.29. The number of hydrogen-bond acceptors (Lipinski definition) is 3. The van der Waals surface area contributed by atoms with Crippen LogP contribution in [0.1, 0.15) is 15.9 Å². The summed E-state index contributed by atoms with van der Waals surface area (Å²) in [5.74, 6) is 0.145. The highest BCUT2D eigenvalue weighted by Crippen LogP contribution is 2.16. The molecule has 3 heteroatoms. The lowest BCUT2D eigenvalue weighted by Gasteiger charge is -2.34. The van der Waals surface area contributed by atoms with Crippen molar-refractivity contribution in [3.05, 3.63) is 71.8 Å². The van der Waals surface area contributed by atoms with E-state index in [9.17, 15) is 4.79 Å². The number of carbonyl (C=O) groups excluding carboxylic acids is 1. The topological polar surface area (TPSA) is 29.5 Å². The molecule has 1 atom stereocenters. The second kappa shape index (κ2) is 6.66. The average Bonchev–Trinajstić information content (AvgIpc) is 2.56. The summed E-state index contributed by atoms with van der Waals surface area (Å²) in [7, 11) is 0. The van der Waals surface area contributed by atoms with Gasteiger partial charge in [-0.2, -0.15) is 0 Å². The number of benzene rings is 2. The van der Waals surface area contributed by atoms with E-state index in [1.165, 1.54) is 5.56 Å². The van der Waals surface area contributed by atoms with Crippen molar-refractivity contribution in [2.45, 2.75) is 12.6 Å². The molecule has 0 aliphatic carbocycles. The second-order valence-corrected chi connectivity index (χ2v) is 5.28. The molecule has 1 aliphatic rings. The third-order valence-electron chi connectivity index (χ3n) is 3.83. The van der Waals surface area contributed by atoms with Gasteiger partial charge >= 0.3 is 0 Å². The average molecular weight is 281 g/mol. The van der Waals surface area contributed by atoms with E-state index < -0.39 is 0 Å². The third kappa shape index (κ3) is 3.38. The van der Waals surface area contributed by atoms with Crippen LogP contribution in [-0.4, -0.2) is 36.5 Å². The van der Waals surface area contributed by atoms with Gasteiger partial charge in [0.05, 0.1) is 19.3 Å². The van der Waals surface area contributed by atoms with E-state index in [1.54, 1.807) is 0 Å². The Labute approximate surface area is 125 Å². The van der Waals surface area contributed by atoms with E-state index >= 15 is 0 Å². The Kier molecular flexibility index (Phi) is 4.43. The van der Waals surface area contributed by atoms with E-state index in [-0.39, 0.29) is 11.8 Å². The molecule has 1 unspecified atom stereocenters. The Balaban J connectivity index is 1.77. The quantitative estimate of drug-likeness (QED) is 0.807. The SMILES string of the molecule is O=C(c1ccccc1)C1COCCN1Cc1ccccc1. The third-order valence-corrected chi connectivity index (χ3v) is 3.83. The van der Waals surface area contributed by atoms with Gasteiger partial charge in [-0.15, -0.1) is 0 Å². The number of ketones is 1. The normalized spacial score (nSPS) is 19.3. The minimum Gasteiger partial charge on any atom is -0.378 e. The molecule has 0 amide bonds. The first kappa shape index (κ1) is 14.0. The number of carbonyl (C=O) groups is 1. The van der Waals surface area contributed by atoms with Gasteiger partial charge in [-0.3, -0.25) is 9.69 Å². The number of rotatable bonds is 4. The zero-order valence-corrected chi connectivity index (χ0v) is 11.9. The van der Waals surface area contributed by atoms with Crippen LogP contribution < -0.4 is 0 Å². The predicted octanol–water partition coefficient (Wildman–Crippen LogP) is 2.77. The van der Waals surface area contributed by atoms with Gasteiger partial charge in [0.2, 0.25) is 0 Å². The van der Waals surface area contributed by atoms with Crippen LogP contribution >= 0.6 is 0 Å². The van der Waals surface area contributed by atoms with Gasteiger partial charge in [0.15, 0.2) is 5.78 Å². The van der Waals surface area contributed by atoms with Gasteiger partial charge in [0.1, 0.15) is 0 Å². The fraction of sp³-hybridized carbons (Fsp3) is 0.278. The van der Waals surface area contributed by atoms with Crippen LogP contribution in [0.2, 0.25) is 0 Å². The van der Waals surface area contributed by atoms with Crippen molar-refractivity contribution in [3.8, 4) is 0 Å². The van der Waals surface area contributed by atoms with E-state index in [0.717, 1.165) is 18.7 Å². The smallest absolute Gasteiger partial charge is 0.182 e. The van der Waals surface area contributed by atoms with Crippen molar-refractivity contribution in [2.75, 3.05) is 19.8 Å². The van der Waals surface area contributed by atoms with Crippen molar-refractivity contribution >= 4 is 5.78 Å². The molecule has 2 aromatic rings. The Morgan fingerprint density at radius 3 is 2.43 bits per heavy atom. The monoisotopic (exact) mass is 281 g/mol. The molecule has 3 rings (SSSR count). The Bertz CT molecular complexity index is 583. The standard InChI is InChI=1S/C18H19NO2/c20-18(16-9-5-2-6-10-16)17-14-21-12-11-19(17)13-15-7-3-1-4-8-15/h1-10,17H,11-14H2. The van der Waals surface area contributed by atoms with Crippen molar-refractivity contribution < 1.29 is 9.53 Å². The van der Waals surface area contributed by atoms with E-state index in [2.05, 4.69) is 17.0 Å². The summed E-state index contributed by atoms with van der Waals surface area (Å²) < 4.78 is 5.53. The highest BCUT2D eigenvalue weighted by Gasteiger charge is 2.29. The largest absolute Gasteiger partial charge is 0.378 e. The van der Waals surface area contributed by atoms with Gasteiger partial charge in [-0.25, -0.2) is 0 Å². The highest BCUT2D eigenvalue weighted by atomic mass is 16.5.